The Hall–Kier alpha value is -4.53. The number of nitro groups is 1. The van der Waals surface area contributed by atoms with E-state index in [0.29, 0.717) is 24.3 Å². The fourth-order valence-corrected chi connectivity index (χ4v) is 4.01. The minimum Gasteiger partial charge on any atom is -0.330 e. The summed E-state index contributed by atoms with van der Waals surface area (Å²) >= 11 is 0. The Labute approximate surface area is 201 Å². The molecule has 178 valence electrons. The number of carbonyl (C=O) groups is 3. The lowest BCUT2D eigenvalue weighted by atomic mass is 10.1. The van der Waals surface area contributed by atoms with E-state index in [1.54, 1.807) is 29.2 Å². The van der Waals surface area contributed by atoms with Crippen molar-refractivity contribution >= 4 is 34.8 Å². The van der Waals surface area contributed by atoms with Gasteiger partial charge in [-0.25, -0.2) is 0 Å². The van der Waals surface area contributed by atoms with E-state index >= 15 is 0 Å². The number of nitrogens with one attached hydrogen (secondary N) is 2. The summed E-state index contributed by atoms with van der Waals surface area (Å²) in [6.45, 7) is 0.553. The fourth-order valence-electron chi connectivity index (χ4n) is 4.01. The SMILES string of the molecule is O=C(Nc1ccc(NC(=O)[C@@H]2CCCN2C(=O)Cc2ccccc2)cc1)c1ccc([N+](=O)[O-])cc1. The van der Waals surface area contributed by atoms with Crippen molar-refractivity contribution in [3.05, 3.63) is 100 Å². The molecule has 0 unspecified atom stereocenters. The highest BCUT2D eigenvalue weighted by molar-refractivity contribution is 6.04. The summed E-state index contributed by atoms with van der Waals surface area (Å²) in [4.78, 5) is 49.9. The lowest BCUT2D eigenvalue weighted by molar-refractivity contribution is -0.384. The number of anilines is 2. The second-order valence-corrected chi connectivity index (χ2v) is 8.23. The summed E-state index contributed by atoms with van der Waals surface area (Å²) in [5.74, 6) is -0.722. The van der Waals surface area contributed by atoms with Crippen LogP contribution in [0.4, 0.5) is 17.1 Å². The molecule has 9 nitrogen and oxygen atoms in total. The number of hydrogen-bond acceptors (Lipinski definition) is 5. The van der Waals surface area contributed by atoms with Gasteiger partial charge >= 0.3 is 0 Å². The van der Waals surface area contributed by atoms with Gasteiger partial charge in [0.15, 0.2) is 0 Å². The van der Waals surface area contributed by atoms with Crippen LogP contribution in [0.5, 0.6) is 0 Å². The van der Waals surface area contributed by atoms with Gasteiger partial charge in [-0.1, -0.05) is 30.3 Å². The molecule has 1 heterocycles. The molecule has 0 bridgehead atoms. The van der Waals surface area contributed by atoms with Gasteiger partial charge in [0.05, 0.1) is 11.3 Å². The number of hydrogen-bond donors (Lipinski definition) is 2. The van der Waals surface area contributed by atoms with Gasteiger partial charge in [0, 0.05) is 35.6 Å². The lowest BCUT2D eigenvalue weighted by Gasteiger charge is -2.24. The van der Waals surface area contributed by atoms with Crippen molar-refractivity contribution in [1.29, 1.82) is 0 Å². The average Bonchev–Trinajstić information content (AvgIpc) is 3.36. The minimum absolute atomic E-state index is 0.0712. The zero-order chi connectivity index (χ0) is 24.8. The monoisotopic (exact) mass is 472 g/mol. The van der Waals surface area contributed by atoms with Gasteiger partial charge in [-0.15, -0.1) is 0 Å². The maximum atomic E-state index is 12.9. The molecule has 1 aliphatic heterocycles. The summed E-state index contributed by atoms with van der Waals surface area (Å²) in [5, 5.41) is 16.3. The van der Waals surface area contributed by atoms with Crippen molar-refractivity contribution in [2.75, 3.05) is 17.2 Å². The molecule has 3 aromatic rings. The van der Waals surface area contributed by atoms with E-state index in [-0.39, 0.29) is 29.5 Å². The molecule has 2 N–H and O–H groups in total. The first kappa shape index (κ1) is 23.6. The van der Waals surface area contributed by atoms with E-state index in [2.05, 4.69) is 10.6 Å². The van der Waals surface area contributed by atoms with Gasteiger partial charge in [-0.3, -0.25) is 24.5 Å². The second kappa shape index (κ2) is 10.6. The van der Waals surface area contributed by atoms with Crippen molar-refractivity contribution in [2.45, 2.75) is 25.3 Å². The van der Waals surface area contributed by atoms with Gasteiger partial charge in [0.2, 0.25) is 11.8 Å². The highest BCUT2D eigenvalue weighted by atomic mass is 16.6. The number of benzene rings is 3. The first-order chi connectivity index (χ1) is 16.9. The van der Waals surface area contributed by atoms with E-state index in [1.807, 2.05) is 30.3 Å². The maximum Gasteiger partial charge on any atom is 0.269 e. The fraction of sp³-hybridized carbons (Fsp3) is 0.192. The van der Waals surface area contributed by atoms with Crippen LogP contribution in [0.15, 0.2) is 78.9 Å². The van der Waals surface area contributed by atoms with E-state index in [0.717, 1.165) is 12.0 Å². The van der Waals surface area contributed by atoms with E-state index in [4.69, 9.17) is 0 Å². The van der Waals surface area contributed by atoms with Crippen molar-refractivity contribution in [1.82, 2.24) is 4.90 Å². The molecule has 35 heavy (non-hydrogen) atoms. The van der Waals surface area contributed by atoms with Crippen LogP contribution in [-0.4, -0.2) is 40.1 Å². The summed E-state index contributed by atoms with van der Waals surface area (Å²) in [7, 11) is 0. The van der Waals surface area contributed by atoms with E-state index in [1.165, 1.54) is 24.3 Å². The number of amides is 3. The number of non-ortho nitro benzene ring substituents is 1. The van der Waals surface area contributed by atoms with Crippen LogP contribution in [0, 0.1) is 10.1 Å². The predicted molar refractivity (Wildman–Crippen MR) is 131 cm³/mol. The van der Waals surface area contributed by atoms with Crippen molar-refractivity contribution in [3.63, 3.8) is 0 Å². The van der Waals surface area contributed by atoms with Gasteiger partial charge in [0.1, 0.15) is 6.04 Å². The third-order valence-electron chi connectivity index (χ3n) is 5.82. The zero-order valence-corrected chi connectivity index (χ0v) is 18.8. The summed E-state index contributed by atoms with van der Waals surface area (Å²) in [6, 6.07) is 20.8. The maximum absolute atomic E-state index is 12.9. The Balaban J connectivity index is 1.33. The van der Waals surface area contributed by atoms with E-state index in [9.17, 15) is 24.5 Å². The quantitative estimate of drug-likeness (QED) is 0.397. The highest BCUT2D eigenvalue weighted by Gasteiger charge is 2.33. The molecule has 0 spiro atoms. The van der Waals surface area contributed by atoms with Crippen LogP contribution in [0.3, 0.4) is 0 Å². The third-order valence-corrected chi connectivity index (χ3v) is 5.82. The van der Waals surface area contributed by atoms with Gasteiger partial charge in [-0.2, -0.15) is 0 Å². The average molecular weight is 473 g/mol. The number of rotatable bonds is 7. The van der Waals surface area contributed by atoms with Crippen molar-refractivity contribution in [2.24, 2.45) is 0 Å². The van der Waals surface area contributed by atoms with Crippen LogP contribution in [0.1, 0.15) is 28.8 Å². The molecule has 4 rings (SSSR count). The van der Waals surface area contributed by atoms with Crippen molar-refractivity contribution in [3.8, 4) is 0 Å². The topological polar surface area (TPSA) is 122 Å². The number of likely N-dealkylation sites (tertiary alicyclic amines) is 1. The third kappa shape index (κ3) is 5.89. The first-order valence-corrected chi connectivity index (χ1v) is 11.2. The Bertz CT molecular complexity index is 1230. The molecule has 0 radical (unpaired) electrons. The Morgan fingerprint density at radius 1 is 0.886 bits per heavy atom. The molecule has 1 fully saturated rings. The molecule has 1 aliphatic rings. The van der Waals surface area contributed by atoms with Crippen LogP contribution in [0.25, 0.3) is 0 Å². The molecule has 1 saturated heterocycles. The normalized spacial score (nSPS) is 14.9. The summed E-state index contributed by atoms with van der Waals surface area (Å²) in [5.41, 5.74) is 2.16. The summed E-state index contributed by atoms with van der Waals surface area (Å²) < 4.78 is 0. The number of carbonyl (C=O) groups excluding carboxylic acids is 3. The molecule has 0 saturated carbocycles. The largest absolute Gasteiger partial charge is 0.330 e. The van der Waals surface area contributed by atoms with Gasteiger partial charge < -0.3 is 15.5 Å². The van der Waals surface area contributed by atoms with Crippen LogP contribution < -0.4 is 10.6 Å². The molecule has 3 amide bonds. The van der Waals surface area contributed by atoms with Crippen molar-refractivity contribution < 1.29 is 19.3 Å². The zero-order valence-electron chi connectivity index (χ0n) is 18.8. The first-order valence-electron chi connectivity index (χ1n) is 11.2. The summed E-state index contributed by atoms with van der Waals surface area (Å²) in [6.07, 6.45) is 1.63. The second-order valence-electron chi connectivity index (χ2n) is 8.23. The highest BCUT2D eigenvalue weighted by Crippen LogP contribution is 2.22. The number of nitro benzene ring substituents is 1. The molecule has 1 atom stereocenters. The Kier molecular flexibility index (Phi) is 7.15. The van der Waals surface area contributed by atoms with Crippen LogP contribution in [-0.2, 0) is 16.0 Å². The molecule has 0 aromatic heterocycles. The Morgan fingerprint density at radius 2 is 1.51 bits per heavy atom. The lowest BCUT2D eigenvalue weighted by Crippen LogP contribution is -2.43. The van der Waals surface area contributed by atoms with Gasteiger partial charge in [0.25, 0.3) is 11.6 Å². The van der Waals surface area contributed by atoms with Crippen LogP contribution in [0.2, 0.25) is 0 Å². The molecule has 9 heteroatoms. The smallest absolute Gasteiger partial charge is 0.269 e. The minimum atomic E-state index is -0.529. The molecule has 3 aromatic carbocycles. The molecular formula is C26H24N4O5. The predicted octanol–water partition coefficient (Wildman–Crippen LogP) is 4.02. The van der Waals surface area contributed by atoms with Gasteiger partial charge in [-0.05, 0) is 54.8 Å². The number of nitrogens with zero attached hydrogens (tertiary/aromatic N) is 2. The standard InChI is InChI=1S/C26H24N4O5/c31-24(17-18-5-2-1-3-6-18)29-16-4-7-23(29)26(33)28-21-12-10-20(11-13-21)27-25(32)19-8-14-22(15-9-19)30(34)35/h1-3,5-6,8-15,23H,4,7,16-17H2,(H,27,32)(H,28,33)/t23-/m0/s1. The van der Waals surface area contributed by atoms with Crippen LogP contribution >= 0.6 is 0 Å². The van der Waals surface area contributed by atoms with E-state index < -0.39 is 16.9 Å². The molecule has 0 aliphatic carbocycles. The molecular weight excluding hydrogens is 448 g/mol. The Morgan fingerprint density at radius 3 is 2.14 bits per heavy atom.